The average molecular weight is 220 g/mol. The molecular formula is C7H6ClNO3S. The number of hydrogen-bond donors (Lipinski definition) is 1. The van der Waals surface area contributed by atoms with E-state index in [4.69, 9.17) is 10.7 Å². The van der Waals surface area contributed by atoms with E-state index in [1.807, 2.05) is 0 Å². The SMILES string of the molecule is O=CNc1cccc(S(=O)(=O)Cl)c1. The van der Waals surface area contributed by atoms with Crippen molar-refractivity contribution in [2.75, 3.05) is 5.32 Å². The lowest BCUT2D eigenvalue weighted by Crippen LogP contribution is -1.96. The van der Waals surface area contributed by atoms with Gasteiger partial charge in [0.1, 0.15) is 0 Å². The smallest absolute Gasteiger partial charge is 0.261 e. The molecule has 0 aliphatic rings. The summed E-state index contributed by atoms with van der Waals surface area (Å²) in [5.41, 5.74) is 0.386. The van der Waals surface area contributed by atoms with Gasteiger partial charge in [0.2, 0.25) is 6.41 Å². The molecule has 13 heavy (non-hydrogen) atoms. The van der Waals surface area contributed by atoms with E-state index < -0.39 is 9.05 Å². The summed E-state index contributed by atoms with van der Waals surface area (Å²) in [7, 11) is 1.36. The highest BCUT2D eigenvalue weighted by Crippen LogP contribution is 2.18. The molecule has 1 rings (SSSR count). The quantitative estimate of drug-likeness (QED) is 0.614. The third kappa shape index (κ3) is 2.71. The summed E-state index contributed by atoms with van der Waals surface area (Å²) in [4.78, 5) is 10.0. The minimum atomic E-state index is -3.73. The Kier molecular flexibility index (Phi) is 2.90. The van der Waals surface area contributed by atoms with Gasteiger partial charge in [0.25, 0.3) is 9.05 Å². The summed E-state index contributed by atoms with van der Waals surface area (Å²) in [6.45, 7) is 0. The van der Waals surface area contributed by atoms with Crippen molar-refractivity contribution in [2.45, 2.75) is 4.90 Å². The normalized spacial score (nSPS) is 10.8. The highest BCUT2D eigenvalue weighted by Gasteiger charge is 2.09. The van der Waals surface area contributed by atoms with E-state index in [1.165, 1.54) is 18.2 Å². The van der Waals surface area contributed by atoms with Crippen LogP contribution in [0.25, 0.3) is 0 Å². The van der Waals surface area contributed by atoms with E-state index in [0.29, 0.717) is 12.1 Å². The molecule has 0 heterocycles. The molecule has 0 aliphatic heterocycles. The molecular weight excluding hydrogens is 214 g/mol. The first-order valence-electron chi connectivity index (χ1n) is 3.29. The van der Waals surface area contributed by atoms with Crippen molar-refractivity contribution in [1.82, 2.24) is 0 Å². The van der Waals surface area contributed by atoms with E-state index in [-0.39, 0.29) is 4.90 Å². The van der Waals surface area contributed by atoms with Crippen LogP contribution >= 0.6 is 10.7 Å². The zero-order valence-corrected chi connectivity index (χ0v) is 7.97. The predicted octanol–water partition coefficient (Wildman–Crippen LogP) is 1.18. The highest BCUT2D eigenvalue weighted by atomic mass is 35.7. The Hall–Kier alpha value is -1.07. The van der Waals surface area contributed by atoms with Crippen molar-refractivity contribution < 1.29 is 13.2 Å². The van der Waals surface area contributed by atoms with Crippen molar-refractivity contribution in [3.63, 3.8) is 0 Å². The Balaban J connectivity index is 3.13. The van der Waals surface area contributed by atoms with Crippen LogP contribution in [0.15, 0.2) is 29.2 Å². The summed E-state index contributed by atoms with van der Waals surface area (Å²) in [6.07, 6.45) is 0.458. The largest absolute Gasteiger partial charge is 0.329 e. The van der Waals surface area contributed by atoms with Gasteiger partial charge >= 0.3 is 0 Å². The number of benzene rings is 1. The summed E-state index contributed by atoms with van der Waals surface area (Å²) < 4.78 is 21.7. The third-order valence-electron chi connectivity index (χ3n) is 1.34. The van der Waals surface area contributed by atoms with Gasteiger partial charge in [-0.2, -0.15) is 0 Å². The summed E-state index contributed by atoms with van der Waals surface area (Å²) in [5.74, 6) is 0. The highest BCUT2D eigenvalue weighted by molar-refractivity contribution is 8.13. The van der Waals surface area contributed by atoms with Gasteiger partial charge in [-0.1, -0.05) is 6.07 Å². The van der Waals surface area contributed by atoms with Crippen LogP contribution < -0.4 is 5.32 Å². The van der Waals surface area contributed by atoms with E-state index in [0.717, 1.165) is 0 Å². The number of amides is 1. The van der Waals surface area contributed by atoms with Gasteiger partial charge in [-0.3, -0.25) is 4.79 Å². The third-order valence-corrected chi connectivity index (χ3v) is 2.69. The second-order valence-electron chi connectivity index (χ2n) is 2.23. The average Bonchev–Trinajstić information content (AvgIpc) is 2.04. The minimum absolute atomic E-state index is 0.0407. The van der Waals surface area contributed by atoms with Crippen molar-refractivity contribution in [2.24, 2.45) is 0 Å². The minimum Gasteiger partial charge on any atom is -0.329 e. The molecule has 0 spiro atoms. The first-order valence-corrected chi connectivity index (χ1v) is 5.60. The molecule has 70 valence electrons. The summed E-state index contributed by atoms with van der Waals surface area (Å²) >= 11 is 0. The van der Waals surface area contributed by atoms with Gasteiger partial charge in [-0.05, 0) is 18.2 Å². The molecule has 0 atom stereocenters. The number of carbonyl (C=O) groups excluding carboxylic acids is 1. The molecule has 1 amide bonds. The van der Waals surface area contributed by atoms with Crippen molar-refractivity contribution in [3.8, 4) is 0 Å². The van der Waals surface area contributed by atoms with E-state index in [2.05, 4.69) is 5.32 Å². The Morgan fingerprint density at radius 1 is 1.38 bits per heavy atom. The second-order valence-corrected chi connectivity index (χ2v) is 4.79. The molecule has 0 saturated heterocycles. The fourth-order valence-electron chi connectivity index (χ4n) is 0.806. The standard InChI is InChI=1S/C7H6ClNO3S/c8-13(11,12)7-3-1-2-6(4-7)9-5-10/h1-5H,(H,9,10). The van der Waals surface area contributed by atoms with Gasteiger partial charge < -0.3 is 5.32 Å². The molecule has 1 aromatic rings. The molecule has 0 aromatic heterocycles. The fraction of sp³-hybridized carbons (Fsp3) is 0. The Morgan fingerprint density at radius 3 is 2.62 bits per heavy atom. The summed E-state index contributed by atoms with van der Waals surface area (Å²) in [5, 5.41) is 2.32. The molecule has 1 N–H and O–H groups in total. The van der Waals surface area contributed by atoms with Crippen LogP contribution in [0.2, 0.25) is 0 Å². The maximum absolute atomic E-state index is 10.8. The maximum Gasteiger partial charge on any atom is 0.261 e. The molecule has 0 unspecified atom stereocenters. The molecule has 4 nitrogen and oxygen atoms in total. The van der Waals surface area contributed by atoms with Crippen LogP contribution in [-0.4, -0.2) is 14.8 Å². The van der Waals surface area contributed by atoms with Crippen molar-refractivity contribution in [3.05, 3.63) is 24.3 Å². The molecule has 0 radical (unpaired) electrons. The van der Waals surface area contributed by atoms with Crippen LogP contribution in [0.1, 0.15) is 0 Å². The van der Waals surface area contributed by atoms with Gasteiger partial charge in [0.05, 0.1) is 4.90 Å². The van der Waals surface area contributed by atoms with Gasteiger partial charge in [0, 0.05) is 16.4 Å². The molecule has 6 heteroatoms. The predicted molar refractivity (Wildman–Crippen MR) is 49.2 cm³/mol. The van der Waals surface area contributed by atoms with E-state index in [1.54, 1.807) is 6.07 Å². The number of halogens is 1. The lowest BCUT2D eigenvalue weighted by Gasteiger charge is -1.99. The molecule has 0 aliphatic carbocycles. The van der Waals surface area contributed by atoms with Gasteiger partial charge in [-0.15, -0.1) is 0 Å². The van der Waals surface area contributed by atoms with Crippen LogP contribution in [0.3, 0.4) is 0 Å². The molecule has 0 bridgehead atoms. The van der Waals surface area contributed by atoms with Crippen molar-refractivity contribution >= 4 is 31.8 Å². The topological polar surface area (TPSA) is 63.2 Å². The van der Waals surface area contributed by atoms with Crippen LogP contribution in [0.4, 0.5) is 5.69 Å². The zero-order valence-electron chi connectivity index (χ0n) is 6.40. The number of rotatable bonds is 3. The first kappa shape index (κ1) is 10.0. The maximum atomic E-state index is 10.8. The van der Waals surface area contributed by atoms with Crippen LogP contribution in [0.5, 0.6) is 0 Å². The van der Waals surface area contributed by atoms with Crippen molar-refractivity contribution in [1.29, 1.82) is 0 Å². The Labute approximate surface area is 79.9 Å². The molecule has 0 saturated carbocycles. The number of carbonyl (C=O) groups is 1. The lowest BCUT2D eigenvalue weighted by molar-refractivity contribution is -0.105. The van der Waals surface area contributed by atoms with E-state index in [9.17, 15) is 13.2 Å². The first-order chi connectivity index (χ1) is 6.04. The lowest BCUT2D eigenvalue weighted by atomic mass is 10.3. The van der Waals surface area contributed by atoms with E-state index >= 15 is 0 Å². The van der Waals surface area contributed by atoms with Gasteiger partial charge in [0.15, 0.2) is 0 Å². The van der Waals surface area contributed by atoms with Gasteiger partial charge in [-0.25, -0.2) is 8.42 Å². The second kappa shape index (κ2) is 3.76. The number of hydrogen-bond acceptors (Lipinski definition) is 3. The number of nitrogens with one attached hydrogen (secondary N) is 1. The monoisotopic (exact) mass is 219 g/mol. The van der Waals surface area contributed by atoms with Crippen LogP contribution in [0, 0.1) is 0 Å². The zero-order chi connectivity index (χ0) is 9.90. The molecule has 0 fully saturated rings. The fourth-order valence-corrected chi connectivity index (χ4v) is 1.60. The Bertz CT molecular complexity index is 416. The number of anilines is 1. The Morgan fingerprint density at radius 2 is 2.08 bits per heavy atom. The molecule has 1 aromatic carbocycles. The summed E-state index contributed by atoms with van der Waals surface area (Å²) in [6, 6.07) is 5.66. The van der Waals surface area contributed by atoms with Crippen LogP contribution in [-0.2, 0) is 13.8 Å².